The van der Waals surface area contributed by atoms with E-state index in [-0.39, 0.29) is 6.03 Å². The molecule has 1 saturated carbocycles. The molecule has 0 radical (unpaired) electrons. The maximum Gasteiger partial charge on any atom is 0.317 e. The monoisotopic (exact) mass is 321 g/mol. The number of likely N-dealkylation sites (N-methyl/N-ethyl adjacent to an activating group) is 1. The molecule has 0 atom stereocenters. The fourth-order valence-electron chi connectivity index (χ4n) is 2.86. The van der Waals surface area contributed by atoms with Gasteiger partial charge in [0.25, 0.3) is 0 Å². The van der Waals surface area contributed by atoms with Crippen molar-refractivity contribution in [2.45, 2.75) is 38.5 Å². The number of hydrogen-bond donors (Lipinski definition) is 1. The minimum atomic E-state index is 0.0585. The number of nitrogens with one attached hydrogen (secondary N) is 1. The molecule has 7 nitrogen and oxygen atoms in total. The fourth-order valence-corrected chi connectivity index (χ4v) is 2.86. The topological polar surface area (TPSA) is 62.6 Å². The van der Waals surface area contributed by atoms with Crippen molar-refractivity contribution < 1.29 is 9.53 Å². The van der Waals surface area contributed by atoms with Gasteiger partial charge in [-0.1, -0.05) is 0 Å². The van der Waals surface area contributed by atoms with E-state index in [0.717, 1.165) is 43.7 Å². The third-order valence-corrected chi connectivity index (χ3v) is 4.44. The van der Waals surface area contributed by atoms with Crippen molar-refractivity contribution >= 4 is 6.03 Å². The number of aryl methyl sites for hydroxylation is 1. The Balaban J connectivity index is 1.58. The van der Waals surface area contributed by atoms with Crippen molar-refractivity contribution in [3.05, 3.63) is 17.0 Å². The molecule has 7 heteroatoms. The first-order chi connectivity index (χ1) is 11.0. The zero-order valence-corrected chi connectivity index (χ0v) is 14.3. The maximum absolute atomic E-state index is 12.2. The van der Waals surface area contributed by atoms with E-state index in [2.05, 4.69) is 15.3 Å². The number of fused-ring (bicyclic) bond motifs is 1. The van der Waals surface area contributed by atoms with E-state index in [1.165, 1.54) is 5.56 Å². The Hall–Kier alpha value is -1.60. The quantitative estimate of drug-likeness (QED) is 0.785. The smallest absolute Gasteiger partial charge is 0.317 e. The number of rotatable bonds is 6. The summed E-state index contributed by atoms with van der Waals surface area (Å²) < 4.78 is 7.63. The minimum absolute atomic E-state index is 0.0585. The summed E-state index contributed by atoms with van der Waals surface area (Å²) in [4.78, 5) is 16.2. The van der Waals surface area contributed by atoms with Crippen molar-refractivity contribution in [2.75, 3.05) is 33.8 Å². The lowest BCUT2D eigenvalue weighted by atomic mass is 10.0. The first-order valence-electron chi connectivity index (χ1n) is 8.36. The Labute approximate surface area is 137 Å². The van der Waals surface area contributed by atoms with E-state index >= 15 is 0 Å². The third-order valence-electron chi connectivity index (χ3n) is 4.44. The van der Waals surface area contributed by atoms with Gasteiger partial charge in [0.1, 0.15) is 0 Å². The van der Waals surface area contributed by atoms with Gasteiger partial charge in [0, 0.05) is 31.7 Å². The van der Waals surface area contributed by atoms with Crippen LogP contribution in [0.5, 0.6) is 0 Å². The Morgan fingerprint density at radius 1 is 1.43 bits per heavy atom. The van der Waals surface area contributed by atoms with E-state index < -0.39 is 0 Å². The second-order valence-corrected chi connectivity index (χ2v) is 6.75. The number of carbonyl (C=O) groups excluding carboxylic acids is 1. The first-order valence-corrected chi connectivity index (χ1v) is 8.36. The lowest BCUT2D eigenvalue weighted by Gasteiger charge is -2.27. The van der Waals surface area contributed by atoms with Crippen molar-refractivity contribution in [3.63, 3.8) is 0 Å². The Kier molecular flexibility index (Phi) is 4.87. The number of amides is 2. The average Bonchev–Trinajstić information content (AvgIpc) is 3.27. The summed E-state index contributed by atoms with van der Waals surface area (Å²) in [6.45, 7) is 3.54. The van der Waals surface area contributed by atoms with Crippen molar-refractivity contribution in [1.82, 2.24) is 24.9 Å². The molecule has 23 heavy (non-hydrogen) atoms. The van der Waals surface area contributed by atoms with E-state index in [0.29, 0.717) is 25.8 Å². The van der Waals surface area contributed by atoms with Crippen LogP contribution in [0.4, 0.5) is 4.79 Å². The molecular formula is C16H27N5O2. The molecule has 1 aromatic rings. The van der Waals surface area contributed by atoms with Crippen LogP contribution in [0.2, 0.25) is 0 Å². The molecular weight excluding hydrogens is 294 g/mol. The number of aromatic nitrogens is 2. The van der Waals surface area contributed by atoms with Crippen LogP contribution in [0.25, 0.3) is 0 Å². The SMILES string of the molecule is CN(C)CCOCc1nn(C)c2c1CCN(C(=O)NC1CC1)C2. The molecule has 0 aromatic carbocycles. The highest BCUT2D eigenvalue weighted by Gasteiger charge is 2.30. The molecule has 1 aromatic heterocycles. The molecule has 0 bridgehead atoms. The van der Waals surface area contributed by atoms with Crippen LogP contribution >= 0.6 is 0 Å². The largest absolute Gasteiger partial charge is 0.374 e. The van der Waals surface area contributed by atoms with Gasteiger partial charge in [-0.2, -0.15) is 5.10 Å². The highest BCUT2D eigenvalue weighted by Crippen LogP contribution is 2.24. The molecule has 0 spiro atoms. The number of hydrogen-bond acceptors (Lipinski definition) is 4. The van der Waals surface area contributed by atoms with Crippen LogP contribution in [-0.2, 0) is 31.4 Å². The lowest BCUT2D eigenvalue weighted by molar-refractivity contribution is 0.102. The molecule has 1 N–H and O–H groups in total. The van der Waals surface area contributed by atoms with E-state index in [9.17, 15) is 4.79 Å². The molecule has 128 valence electrons. The number of carbonyl (C=O) groups is 1. The van der Waals surface area contributed by atoms with E-state index in [1.54, 1.807) is 0 Å². The van der Waals surface area contributed by atoms with Crippen LogP contribution in [0.1, 0.15) is 29.8 Å². The van der Waals surface area contributed by atoms with Gasteiger partial charge in [0.05, 0.1) is 31.1 Å². The summed E-state index contributed by atoms with van der Waals surface area (Å²) in [5.74, 6) is 0. The summed E-state index contributed by atoms with van der Waals surface area (Å²) in [6, 6.07) is 0.458. The van der Waals surface area contributed by atoms with Gasteiger partial charge in [0.2, 0.25) is 0 Å². The van der Waals surface area contributed by atoms with E-state index in [1.807, 2.05) is 30.7 Å². The molecule has 2 aliphatic rings. The zero-order chi connectivity index (χ0) is 16.4. The Morgan fingerprint density at radius 3 is 2.91 bits per heavy atom. The molecule has 0 saturated heterocycles. The summed E-state index contributed by atoms with van der Waals surface area (Å²) in [5.41, 5.74) is 3.41. The number of urea groups is 1. The second kappa shape index (κ2) is 6.88. The first kappa shape index (κ1) is 16.3. The van der Waals surface area contributed by atoms with Gasteiger partial charge in [-0.25, -0.2) is 4.79 Å². The zero-order valence-electron chi connectivity index (χ0n) is 14.3. The second-order valence-electron chi connectivity index (χ2n) is 6.75. The van der Waals surface area contributed by atoms with Gasteiger partial charge in [0.15, 0.2) is 0 Å². The van der Waals surface area contributed by atoms with Gasteiger partial charge >= 0.3 is 6.03 Å². The molecule has 1 aliphatic carbocycles. The highest BCUT2D eigenvalue weighted by atomic mass is 16.5. The highest BCUT2D eigenvalue weighted by molar-refractivity contribution is 5.75. The minimum Gasteiger partial charge on any atom is -0.374 e. The molecule has 2 heterocycles. The van der Waals surface area contributed by atoms with Crippen LogP contribution in [0.15, 0.2) is 0 Å². The van der Waals surface area contributed by atoms with E-state index in [4.69, 9.17) is 4.74 Å². The predicted octanol–water partition coefficient (Wildman–Crippen LogP) is 0.728. The van der Waals surface area contributed by atoms with Gasteiger partial charge in [-0.05, 0) is 33.4 Å². The molecule has 0 unspecified atom stereocenters. The molecule has 1 fully saturated rings. The summed E-state index contributed by atoms with van der Waals surface area (Å²) in [7, 11) is 6.02. The number of ether oxygens (including phenoxy) is 1. The van der Waals surface area contributed by atoms with Crippen molar-refractivity contribution in [3.8, 4) is 0 Å². The van der Waals surface area contributed by atoms with Crippen LogP contribution < -0.4 is 5.32 Å². The third kappa shape index (κ3) is 4.03. The maximum atomic E-state index is 12.2. The molecule has 1 aliphatic heterocycles. The lowest BCUT2D eigenvalue weighted by Crippen LogP contribution is -2.43. The standard InChI is InChI=1S/C16H27N5O2/c1-19(2)8-9-23-11-14-13-6-7-21(10-15(13)20(3)18-14)16(22)17-12-4-5-12/h12H,4-11H2,1-3H3,(H,17,22). The number of nitrogens with zero attached hydrogens (tertiary/aromatic N) is 4. The molecule has 2 amide bonds. The van der Waals surface area contributed by atoms with Crippen LogP contribution in [-0.4, -0.2) is 65.4 Å². The summed E-state index contributed by atoms with van der Waals surface area (Å²) >= 11 is 0. The fraction of sp³-hybridized carbons (Fsp3) is 0.750. The van der Waals surface area contributed by atoms with Gasteiger partial charge in [-0.3, -0.25) is 4.68 Å². The summed E-state index contributed by atoms with van der Waals surface area (Å²) in [6.07, 6.45) is 3.09. The van der Waals surface area contributed by atoms with Gasteiger partial charge in [-0.15, -0.1) is 0 Å². The van der Waals surface area contributed by atoms with Crippen molar-refractivity contribution in [2.24, 2.45) is 7.05 Å². The Bertz CT molecular complexity index is 565. The average molecular weight is 321 g/mol. The normalized spacial score (nSPS) is 17.5. The Morgan fingerprint density at radius 2 is 2.22 bits per heavy atom. The predicted molar refractivity (Wildman–Crippen MR) is 87.1 cm³/mol. The van der Waals surface area contributed by atoms with Gasteiger partial charge < -0.3 is 19.9 Å². The van der Waals surface area contributed by atoms with Crippen molar-refractivity contribution in [1.29, 1.82) is 0 Å². The van der Waals surface area contributed by atoms with Crippen LogP contribution in [0, 0.1) is 0 Å². The molecule has 3 rings (SSSR count). The van der Waals surface area contributed by atoms with Crippen LogP contribution in [0.3, 0.4) is 0 Å². The summed E-state index contributed by atoms with van der Waals surface area (Å²) in [5, 5.41) is 7.66.